The van der Waals surface area contributed by atoms with Gasteiger partial charge >= 0.3 is 0 Å². The van der Waals surface area contributed by atoms with Crippen molar-refractivity contribution in [2.45, 2.75) is 32.6 Å². The van der Waals surface area contributed by atoms with Crippen molar-refractivity contribution in [3.63, 3.8) is 0 Å². The van der Waals surface area contributed by atoms with Crippen LogP contribution in [-0.2, 0) is 4.79 Å². The van der Waals surface area contributed by atoms with Gasteiger partial charge in [-0.2, -0.15) is 0 Å². The summed E-state index contributed by atoms with van der Waals surface area (Å²) < 4.78 is 1.83. The molecule has 1 fully saturated rings. The average molecular weight is 362 g/mol. The van der Waals surface area contributed by atoms with Crippen molar-refractivity contribution in [2.24, 2.45) is 5.92 Å². The predicted octanol–water partition coefficient (Wildman–Crippen LogP) is 3.84. The molecule has 2 N–H and O–H groups in total. The van der Waals surface area contributed by atoms with E-state index in [4.69, 9.17) is 0 Å². The smallest absolute Gasteiger partial charge is 0.227 e. The Morgan fingerprint density at radius 3 is 2.56 bits per heavy atom. The first-order valence-electron chi connectivity index (χ1n) is 9.19. The molecule has 0 unspecified atom stereocenters. The number of aryl methyl sites for hydroxylation is 1. The monoisotopic (exact) mass is 362 g/mol. The van der Waals surface area contributed by atoms with Crippen LogP contribution >= 0.6 is 0 Å². The summed E-state index contributed by atoms with van der Waals surface area (Å²) in [5, 5.41) is 6.29. The van der Waals surface area contributed by atoms with Crippen molar-refractivity contribution in [3.05, 3.63) is 54.9 Å². The summed E-state index contributed by atoms with van der Waals surface area (Å²) in [6.07, 6.45) is 9.56. The van der Waals surface area contributed by atoms with Gasteiger partial charge in [-0.05, 0) is 44.0 Å². The van der Waals surface area contributed by atoms with E-state index in [-0.39, 0.29) is 11.8 Å². The molecular formula is C20H22N6O. The molecule has 0 saturated heterocycles. The molecule has 4 rings (SSSR count). The maximum absolute atomic E-state index is 12.2. The lowest BCUT2D eigenvalue weighted by Gasteiger charge is -2.12. The summed E-state index contributed by atoms with van der Waals surface area (Å²) in [7, 11) is 0. The van der Waals surface area contributed by atoms with Gasteiger partial charge in [-0.15, -0.1) is 0 Å². The molecule has 0 spiro atoms. The number of benzene rings is 1. The van der Waals surface area contributed by atoms with E-state index in [0.717, 1.165) is 42.9 Å². The topological polar surface area (TPSA) is 84.7 Å². The van der Waals surface area contributed by atoms with Crippen LogP contribution in [0.1, 0.15) is 31.5 Å². The van der Waals surface area contributed by atoms with Gasteiger partial charge in [0.15, 0.2) is 0 Å². The minimum atomic E-state index is 0.129. The summed E-state index contributed by atoms with van der Waals surface area (Å²) in [4.78, 5) is 25.1. The predicted molar refractivity (Wildman–Crippen MR) is 104 cm³/mol. The number of amides is 1. The zero-order valence-corrected chi connectivity index (χ0v) is 15.2. The van der Waals surface area contributed by atoms with Gasteiger partial charge in [0.1, 0.15) is 23.8 Å². The fourth-order valence-electron chi connectivity index (χ4n) is 3.36. The highest BCUT2D eigenvalue weighted by molar-refractivity contribution is 5.92. The van der Waals surface area contributed by atoms with Crippen LogP contribution in [0.25, 0.3) is 5.82 Å². The van der Waals surface area contributed by atoms with Crippen LogP contribution in [0, 0.1) is 12.8 Å². The Balaban J connectivity index is 1.44. The summed E-state index contributed by atoms with van der Waals surface area (Å²) >= 11 is 0. The largest absolute Gasteiger partial charge is 0.340 e. The molecular weight excluding hydrogens is 340 g/mol. The Bertz CT molecular complexity index is 914. The third-order valence-corrected chi connectivity index (χ3v) is 4.74. The molecule has 7 nitrogen and oxygen atoms in total. The number of carbonyl (C=O) groups is 1. The number of anilines is 3. The summed E-state index contributed by atoms with van der Waals surface area (Å²) in [5.74, 6) is 2.42. The normalized spacial score (nSPS) is 14.3. The molecule has 0 radical (unpaired) electrons. The van der Waals surface area contributed by atoms with Gasteiger partial charge in [-0.3, -0.25) is 9.36 Å². The Hall–Kier alpha value is -3.22. The molecule has 1 aliphatic rings. The second kappa shape index (κ2) is 7.57. The van der Waals surface area contributed by atoms with Crippen molar-refractivity contribution in [1.29, 1.82) is 0 Å². The number of nitrogens with zero attached hydrogens (tertiary/aromatic N) is 4. The van der Waals surface area contributed by atoms with Gasteiger partial charge in [0.25, 0.3) is 0 Å². The SMILES string of the molecule is Cc1nc(Nc2ccc(NC(=O)C3CCCC3)cc2)cc(-n2ccnc2)n1. The fraction of sp³-hybridized carbons (Fsp3) is 0.300. The first kappa shape index (κ1) is 17.2. The molecule has 1 amide bonds. The number of nitrogens with one attached hydrogen (secondary N) is 2. The van der Waals surface area contributed by atoms with E-state index in [9.17, 15) is 4.79 Å². The third kappa shape index (κ3) is 4.13. The Labute approximate surface area is 157 Å². The zero-order valence-electron chi connectivity index (χ0n) is 15.2. The van der Waals surface area contributed by atoms with Crippen LogP contribution in [0.15, 0.2) is 49.1 Å². The molecule has 1 saturated carbocycles. The fourth-order valence-corrected chi connectivity index (χ4v) is 3.36. The van der Waals surface area contributed by atoms with Crippen LogP contribution in [0.5, 0.6) is 0 Å². The van der Waals surface area contributed by atoms with Crippen molar-refractivity contribution >= 4 is 23.1 Å². The lowest BCUT2D eigenvalue weighted by Crippen LogP contribution is -2.20. The Kier molecular flexibility index (Phi) is 4.82. The molecule has 0 aliphatic heterocycles. The van der Waals surface area contributed by atoms with Crippen molar-refractivity contribution in [3.8, 4) is 5.82 Å². The van der Waals surface area contributed by atoms with Crippen LogP contribution in [0.4, 0.5) is 17.2 Å². The van der Waals surface area contributed by atoms with E-state index >= 15 is 0 Å². The maximum atomic E-state index is 12.2. The first-order valence-corrected chi connectivity index (χ1v) is 9.19. The van der Waals surface area contributed by atoms with E-state index < -0.39 is 0 Å². The molecule has 3 aromatic rings. The lowest BCUT2D eigenvalue weighted by molar-refractivity contribution is -0.119. The molecule has 0 atom stereocenters. The highest BCUT2D eigenvalue weighted by atomic mass is 16.1. The van der Waals surface area contributed by atoms with Crippen LogP contribution < -0.4 is 10.6 Å². The highest BCUT2D eigenvalue weighted by Gasteiger charge is 2.22. The molecule has 2 heterocycles. The number of aromatic nitrogens is 4. The van der Waals surface area contributed by atoms with Gasteiger partial charge in [-0.25, -0.2) is 15.0 Å². The minimum Gasteiger partial charge on any atom is -0.340 e. The average Bonchev–Trinajstić information content (AvgIpc) is 3.37. The molecule has 27 heavy (non-hydrogen) atoms. The van der Waals surface area contributed by atoms with Crippen LogP contribution in [-0.4, -0.2) is 25.4 Å². The number of imidazole rings is 1. The number of rotatable bonds is 5. The molecule has 2 aromatic heterocycles. The van der Waals surface area contributed by atoms with Crippen molar-refractivity contribution < 1.29 is 4.79 Å². The Morgan fingerprint density at radius 2 is 1.85 bits per heavy atom. The summed E-state index contributed by atoms with van der Waals surface area (Å²) in [5.41, 5.74) is 1.71. The van der Waals surface area contributed by atoms with Crippen LogP contribution in [0.3, 0.4) is 0 Å². The first-order chi connectivity index (χ1) is 13.2. The van der Waals surface area contributed by atoms with Crippen molar-refractivity contribution in [1.82, 2.24) is 19.5 Å². The molecule has 138 valence electrons. The van der Waals surface area contributed by atoms with Gasteiger partial charge in [-0.1, -0.05) is 12.8 Å². The quantitative estimate of drug-likeness (QED) is 0.720. The molecule has 0 bridgehead atoms. The molecule has 7 heteroatoms. The second-order valence-electron chi connectivity index (χ2n) is 6.80. The van der Waals surface area contributed by atoms with E-state index in [1.807, 2.05) is 48.0 Å². The maximum Gasteiger partial charge on any atom is 0.227 e. The highest BCUT2D eigenvalue weighted by Crippen LogP contribution is 2.26. The van der Waals surface area contributed by atoms with E-state index in [0.29, 0.717) is 11.6 Å². The van der Waals surface area contributed by atoms with E-state index in [1.54, 1.807) is 12.5 Å². The van der Waals surface area contributed by atoms with Gasteiger partial charge < -0.3 is 10.6 Å². The Morgan fingerprint density at radius 1 is 1.11 bits per heavy atom. The van der Waals surface area contributed by atoms with E-state index in [1.165, 1.54) is 0 Å². The summed E-state index contributed by atoms with van der Waals surface area (Å²) in [6.45, 7) is 1.85. The second-order valence-corrected chi connectivity index (χ2v) is 6.80. The van der Waals surface area contributed by atoms with Gasteiger partial charge in [0, 0.05) is 35.8 Å². The third-order valence-electron chi connectivity index (χ3n) is 4.74. The number of hydrogen-bond acceptors (Lipinski definition) is 5. The van der Waals surface area contributed by atoms with E-state index in [2.05, 4.69) is 25.6 Å². The van der Waals surface area contributed by atoms with Crippen LogP contribution in [0.2, 0.25) is 0 Å². The number of carbonyl (C=O) groups excluding carboxylic acids is 1. The van der Waals surface area contributed by atoms with Gasteiger partial charge in [0.2, 0.25) is 5.91 Å². The van der Waals surface area contributed by atoms with Crippen molar-refractivity contribution in [2.75, 3.05) is 10.6 Å². The molecule has 1 aromatic carbocycles. The standard InChI is InChI=1S/C20H22N6O/c1-14-22-18(12-19(23-14)26-11-10-21-13-26)24-16-6-8-17(9-7-16)25-20(27)15-4-2-3-5-15/h6-13,15H,2-5H2,1H3,(H,25,27)(H,22,23,24). The minimum absolute atomic E-state index is 0.129. The lowest BCUT2D eigenvalue weighted by atomic mass is 10.1. The van der Waals surface area contributed by atoms with Gasteiger partial charge in [0.05, 0.1) is 0 Å². The summed E-state index contributed by atoms with van der Waals surface area (Å²) in [6, 6.07) is 9.53. The zero-order chi connectivity index (χ0) is 18.6. The number of hydrogen-bond donors (Lipinski definition) is 2. The molecule has 1 aliphatic carbocycles.